The molecule has 150 valence electrons. The zero-order valence-corrected chi connectivity index (χ0v) is 17.0. The Morgan fingerprint density at radius 3 is 2.37 bits per heavy atom. The van der Waals surface area contributed by atoms with Gasteiger partial charge in [-0.2, -0.15) is 0 Å². The fraction of sp³-hybridized carbons (Fsp3) is 0.0833. The van der Waals surface area contributed by atoms with E-state index >= 15 is 0 Å². The molecule has 0 saturated heterocycles. The highest BCUT2D eigenvalue weighted by atomic mass is 35.5. The lowest BCUT2D eigenvalue weighted by Crippen LogP contribution is -2.15. The topological polar surface area (TPSA) is 64.4 Å². The van der Waals surface area contributed by atoms with Crippen LogP contribution in [0.1, 0.15) is 21.8 Å². The average Bonchev–Trinajstić information content (AvgIpc) is 3.15. The number of ether oxygens (including phenoxy) is 1. The van der Waals surface area contributed by atoms with Crippen LogP contribution in [-0.2, 0) is 6.61 Å². The van der Waals surface area contributed by atoms with Gasteiger partial charge in [-0.15, -0.1) is 0 Å². The molecule has 1 N–H and O–H groups in total. The summed E-state index contributed by atoms with van der Waals surface area (Å²) in [4.78, 5) is 12.8. The van der Waals surface area contributed by atoms with E-state index in [-0.39, 0.29) is 18.2 Å². The lowest BCUT2D eigenvalue weighted by atomic mass is 10.1. The minimum atomic E-state index is -0.364. The molecule has 0 atom stereocenters. The molecule has 0 aliphatic carbocycles. The second-order valence-electron chi connectivity index (χ2n) is 6.68. The second-order valence-corrected chi connectivity index (χ2v) is 7.09. The van der Waals surface area contributed by atoms with Gasteiger partial charge in [0.1, 0.15) is 18.1 Å². The number of hydrogen-bond donors (Lipinski definition) is 1. The van der Waals surface area contributed by atoms with Crippen molar-refractivity contribution in [2.45, 2.75) is 13.5 Å². The average molecular weight is 419 g/mol. The Morgan fingerprint density at radius 1 is 0.967 bits per heavy atom. The number of halogens is 1. The summed E-state index contributed by atoms with van der Waals surface area (Å²) in [5, 5.41) is 7.27. The zero-order chi connectivity index (χ0) is 20.9. The van der Waals surface area contributed by atoms with E-state index < -0.39 is 0 Å². The first-order chi connectivity index (χ1) is 14.6. The minimum absolute atomic E-state index is 0.120. The Bertz CT molecular complexity index is 1150. The first kappa shape index (κ1) is 19.7. The van der Waals surface area contributed by atoms with Crippen molar-refractivity contribution in [1.29, 1.82) is 0 Å². The summed E-state index contributed by atoms with van der Waals surface area (Å²) in [5.74, 6) is 0.686. The monoisotopic (exact) mass is 418 g/mol. The van der Waals surface area contributed by atoms with Crippen molar-refractivity contribution in [3.05, 3.63) is 101 Å². The van der Waals surface area contributed by atoms with Crippen LogP contribution in [0.4, 0.5) is 5.69 Å². The van der Waals surface area contributed by atoms with Crippen LogP contribution in [0.3, 0.4) is 0 Å². The van der Waals surface area contributed by atoms with Gasteiger partial charge in [0.25, 0.3) is 5.91 Å². The molecule has 0 saturated carbocycles. The summed E-state index contributed by atoms with van der Waals surface area (Å²) in [7, 11) is 0. The summed E-state index contributed by atoms with van der Waals surface area (Å²) < 4.78 is 11.0. The summed E-state index contributed by atoms with van der Waals surface area (Å²) in [6.07, 6.45) is 0. The number of hydrogen-bond acceptors (Lipinski definition) is 4. The van der Waals surface area contributed by atoms with Gasteiger partial charge in [0, 0.05) is 5.69 Å². The Balaban J connectivity index is 1.47. The van der Waals surface area contributed by atoms with E-state index in [0.717, 1.165) is 11.1 Å². The molecule has 4 aromatic rings. The summed E-state index contributed by atoms with van der Waals surface area (Å²) in [6, 6.07) is 24.8. The molecule has 0 radical (unpaired) electrons. The smallest absolute Gasteiger partial charge is 0.278 e. The van der Waals surface area contributed by atoms with Gasteiger partial charge < -0.3 is 14.6 Å². The van der Waals surface area contributed by atoms with E-state index in [0.29, 0.717) is 27.8 Å². The lowest BCUT2D eigenvalue weighted by Gasteiger charge is -2.09. The molecule has 5 nitrogen and oxygen atoms in total. The molecule has 0 aliphatic rings. The van der Waals surface area contributed by atoms with Gasteiger partial charge in [0.05, 0.1) is 10.6 Å². The van der Waals surface area contributed by atoms with Crippen molar-refractivity contribution in [3.8, 4) is 16.9 Å². The van der Waals surface area contributed by atoms with Gasteiger partial charge in [0.2, 0.25) is 0 Å². The maximum absolute atomic E-state index is 12.8. The summed E-state index contributed by atoms with van der Waals surface area (Å²) in [5.41, 5.74) is 3.61. The number of aryl methyl sites for hydroxylation is 1. The van der Waals surface area contributed by atoms with Crippen molar-refractivity contribution in [2.75, 3.05) is 5.32 Å². The largest absolute Gasteiger partial charge is 0.487 e. The van der Waals surface area contributed by atoms with Crippen molar-refractivity contribution in [2.24, 2.45) is 0 Å². The SMILES string of the molecule is Cc1onc(C(=O)Nc2ccc(-c3ccccc3)cc2)c1COc1ccccc1Cl. The van der Waals surface area contributed by atoms with E-state index in [9.17, 15) is 4.79 Å². The highest BCUT2D eigenvalue weighted by molar-refractivity contribution is 6.32. The van der Waals surface area contributed by atoms with Crippen LogP contribution in [0, 0.1) is 6.92 Å². The van der Waals surface area contributed by atoms with Gasteiger partial charge in [-0.25, -0.2) is 0 Å². The number of nitrogens with one attached hydrogen (secondary N) is 1. The standard InChI is InChI=1S/C24H19ClN2O3/c1-16-20(15-29-22-10-6-5-9-21(22)25)23(27-30-16)24(28)26-19-13-11-18(12-14-19)17-7-3-2-4-8-17/h2-14H,15H2,1H3,(H,26,28). The summed E-state index contributed by atoms with van der Waals surface area (Å²) >= 11 is 6.13. The molecule has 4 rings (SSSR count). The Kier molecular flexibility index (Phi) is 5.82. The third-order valence-corrected chi connectivity index (χ3v) is 4.97. The number of rotatable bonds is 6. The molecule has 1 heterocycles. The molecular formula is C24H19ClN2O3. The van der Waals surface area contributed by atoms with Crippen LogP contribution in [-0.4, -0.2) is 11.1 Å². The zero-order valence-electron chi connectivity index (χ0n) is 16.3. The maximum Gasteiger partial charge on any atom is 0.278 e. The number of amides is 1. The minimum Gasteiger partial charge on any atom is -0.487 e. The Labute approximate surface area is 179 Å². The second kappa shape index (κ2) is 8.84. The number of carbonyl (C=O) groups is 1. The molecule has 0 fully saturated rings. The van der Waals surface area contributed by atoms with Crippen molar-refractivity contribution >= 4 is 23.2 Å². The van der Waals surface area contributed by atoms with Gasteiger partial charge in [-0.3, -0.25) is 4.79 Å². The molecule has 3 aromatic carbocycles. The molecule has 6 heteroatoms. The highest BCUT2D eigenvalue weighted by Crippen LogP contribution is 2.26. The molecule has 30 heavy (non-hydrogen) atoms. The number of carbonyl (C=O) groups excluding carboxylic acids is 1. The first-order valence-electron chi connectivity index (χ1n) is 9.41. The van der Waals surface area contributed by atoms with Crippen LogP contribution in [0.25, 0.3) is 11.1 Å². The number of nitrogens with zero attached hydrogens (tertiary/aromatic N) is 1. The molecule has 0 spiro atoms. The van der Waals surface area contributed by atoms with Gasteiger partial charge in [-0.1, -0.05) is 71.4 Å². The number of aromatic nitrogens is 1. The predicted octanol–water partition coefficient (Wildman–Crippen LogP) is 6.13. The normalized spacial score (nSPS) is 10.6. The van der Waals surface area contributed by atoms with Gasteiger partial charge >= 0.3 is 0 Å². The fourth-order valence-corrected chi connectivity index (χ4v) is 3.21. The maximum atomic E-state index is 12.8. The Hall–Kier alpha value is -3.57. The number of anilines is 1. The van der Waals surface area contributed by atoms with Gasteiger partial charge in [0.15, 0.2) is 5.69 Å². The summed E-state index contributed by atoms with van der Waals surface area (Å²) in [6.45, 7) is 1.86. The van der Waals surface area contributed by atoms with E-state index in [1.165, 1.54) is 0 Å². The predicted molar refractivity (Wildman–Crippen MR) is 117 cm³/mol. The van der Waals surface area contributed by atoms with E-state index in [1.807, 2.05) is 66.7 Å². The first-order valence-corrected chi connectivity index (χ1v) is 9.79. The highest BCUT2D eigenvalue weighted by Gasteiger charge is 2.21. The molecule has 0 bridgehead atoms. The fourth-order valence-electron chi connectivity index (χ4n) is 3.02. The van der Waals surface area contributed by atoms with Crippen LogP contribution in [0.2, 0.25) is 5.02 Å². The lowest BCUT2D eigenvalue weighted by molar-refractivity contribution is 0.101. The van der Waals surface area contributed by atoms with Crippen LogP contribution in [0.15, 0.2) is 83.4 Å². The van der Waals surface area contributed by atoms with E-state index in [4.69, 9.17) is 20.9 Å². The molecule has 1 aromatic heterocycles. The van der Waals surface area contributed by atoms with Crippen LogP contribution >= 0.6 is 11.6 Å². The van der Waals surface area contributed by atoms with E-state index in [1.54, 1.807) is 19.1 Å². The molecule has 0 unspecified atom stereocenters. The molecule has 1 amide bonds. The van der Waals surface area contributed by atoms with Crippen molar-refractivity contribution < 1.29 is 14.1 Å². The Morgan fingerprint density at radius 2 is 1.63 bits per heavy atom. The van der Waals surface area contributed by atoms with Crippen LogP contribution < -0.4 is 10.1 Å². The quantitative estimate of drug-likeness (QED) is 0.408. The number of para-hydroxylation sites is 1. The third-order valence-electron chi connectivity index (χ3n) is 4.66. The van der Waals surface area contributed by atoms with E-state index in [2.05, 4.69) is 10.5 Å². The van der Waals surface area contributed by atoms with Crippen LogP contribution in [0.5, 0.6) is 5.75 Å². The van der Waals surface area contributed by atoms with Crippen molar-refractivity contribution in [1.82, 2.24) is 5.16 Å². The number of benzene rings is 3. The van der Waals surface area contributed by atoms with Crippen molar-refractivity contribution in [3.63, 3.8) is 0 Å². The van der Waals surface area contributed by atoms with Gasteiger partial charge in [-0.05, 0) is 42.3 Å². The molecular weight excluding hydrogens is 400 g/mol. The molecule has 0 aliphatic heterocycles. The third kappa shape index (κ3) is 4.36.